The summed E-state index contributed by atoms with van der Waals surface area (Å²) in [5, 5.41) is 9.72. The molecule has 1 aliphatic heterocycles. The number of rotatable bonds is 3. The number of nitrogens with zero attached hydrogens (tertiary/aromatic N) is 5. The average molecular weight is 381 g/mol. The zero-order chi connectivity index (χ0) is 19.7. The number of hydrogen-bond acceptors (Lipinski definition) is 6. The van der Waals surface area contributed by atoms with Gasteiger partial charge in [0.15, 0.2) is 5.82 Å². The predicted molar refractivity (Wildman–Crippen MR) is 107 cm³/mol. The van der Waals surface area contributed by atoms with Gasteiger partial charge in [-0.1, -0.05) is 0 Å². The van der Waals surface area contributed by atoms with E-state index in [2.05, 4.69) is 4.98 Å². The van der Waals surface area contributed by atoms with E-state index < -0.39 is 0 Å². The molecule has 7 heteroatoms. The lowest BCUT2D eigenvalue weighted by Crippen LogP contribution is -2.42. The summed E-state index contributed by atoms with van der Waals surface area (Å²) in [6.07, 6.45) is 7.00. The Morgan fingerprint density at radius 1 is 1.21 bits per heavy atom. The number of aromatic nitrogens is 3. The van der Waals surface area contributed by atoms with Crippen LogP contribution in [0.5, 0.6) is 0 Å². The first-order valence-electron chi connectivity index (χ1n) is 9.97. The van der Waals surface area contributed by atoms with Crippen molar-refractivity contribution in [3.05, 3.63) is 35.8 Å². The van der Waals surface area contributed by atoms with Crippen LogP contribution in [0.2, 0.25) is 0 Å². The van der Waals surface area contributed by atoms with Crippen molar-refractivity contribution >= 4 is 11.7 Å². The summed E-state index contributed by atoms with van der Waals surface area (Å²) >= 11 is 0. The molecule has 1 amide bonds. The molecule has 1 aliphatic carbocycles. The van der Waals surface area contributed by atoms with Crippen LogP contribution in [0.1, 0.15) is 36.9 Å². The van der Waals surface area contributed by atoms with Crippen molar-refractivity contribution in [2.75, 3.05) is 25.5 Å². The fourth-order valence-electron chi connectivity index (χ4n) is 4.17. The Hall–Kier alpha value is -2.54. The molecule has 1 N–H and O–H groups in total. The van der Waals surface area contributed by atoms with Crippen LogP contribution < -0.4 is 4.90 Å². The number of carbonyl (C=O) groups is 1. The molecule has 0 atom stereocenters. The molecule has 0 spiro atoms. The molecule has 148 valence electrons. The zero-order valence-electron chi connectivity index (χ0n) is 16.5. The fraction of sp³-hybridized carbons (Fsp3) is 0.524. The highest BCUT2D eigenvalue weighted by Crippen LogP contribution is 2.31. The van der Waals surface area contributed by atoms with Gasteiger partial charge >= 0.3 is 0 Å². The van der Waals surface area contributed by atoms with Crippen molar-refractivity contribution in [2.24, 2.45) is 5.92 Å². The van der Waals surface area contributed by atoms with Gasteiger partial charge in [0.05, 0.1) is 18.3 Å². The standard InChI is InChI=1S/C21H27N5O2/c1-25(2)20-17-9-11-26(21(28)14-5-7-16(27)8-6-14)13-18(17)23-19(24-20)15-4-3-10-22-12-15/h3-4,10,12,14,16,27H,5-9,11,13H2,1-2H3. The molecular weight excluding hydrogens is 354 g/mol. The van der Waals surface area contributed by atoms with Crippen LogP contribution in [0.4, 0.5) is 5.82 Å². The highest BCUT2D eigenvalue weighted by atomic mass is 16.3. The van der Waals surface area contributed by atoms with E-state index in [4.69, 9.17) is 9.97 Å². The van der Waals surface area contributed by atoms with E-state index in [0.29, 0.717) is 18.9 Å². The molecule has 7 nitrogen and oxygen atoms in total. The number of fused-ring (bicyclic) bond motifs is 1. The largest absolute Gasteiger partial charge is 0.393 e. The van der Waals surface area contributed by atoms with E-state index in [-0.39, 0.29) is 17.9 Å². The van der Waals surface area contributed by atoms with Gasteiger partial charge in [-0.25, -0.2) is 9.97 Å². The number of anilines is 1. The molecule has 1 saturated carbocycles. The third-order valence-electron chi connectivity index (χ3n) is 5.74. The van der Waals surface area contributed by atoms with Gasteiger partial charge in [-0.05, 0) is 44.2 Å². The predicted octanol–water partition coefficient (Wildman–Crippen LogP) is 2.04. The summed E-state index contributed by atoms with van der Waals surface area (Å²) in [4.78, 5) is 30.7. The molecule has 2 aromatic heterocycles. The van der Waals surface area contributed by atoms with Crippen LogP contribution in [0, 0.1) is 5.92 Å². The molecule has 0 saturated heterocycles. The van der Waals surface area contributed by atoms with E-state index >= 15 is 0 Å². The summed E-state index contributed by atoms with van der Waals surface area (Å²) in [7, 11) is 3.97. The summed E-state index contributed by atoms with van der Waals surface area (Å²) in [6, 6.07) is 3.83. The van der Waals surface area contributed by atoms with Gasteiger partial charge in [0.1, 0.15) is 5.82 Å². The molecule has 0 bridgehead atoms. The monoisotopic (exact) mass is 381 g/mol. The van der Waals surface area contributed by atoms with Crippen molar-refractivity contribution in [3.8, 4) is 11.4 Å². The lowest BCUT2D eigenvalue weighted by atomic mass is 9.86. The van der Waals surface area contributed by atoms with Crippen LogP contribution in [0.15, 0.2) is 24.5 Å². The van der Waals surface area contributed by atoms with Crippen molar-refractivity contribution < 1.29 is 9.90 Å². The van der Waals surface area contributed by atoms with Gasteiger partial charge in [0.25, 0.3) is 0 Å². The van der Waals surface area contributed by atoms with Crippen LogP contribution in [0.3, 0.4) is 0 Å². The fourth-order valence-corrected chi connectivity index (χ4v) is 4.17. The van der Waals surface area contributed by atoms with Gasteiger partial charge in [0.2, 0.25) is 5.91 Å². The Balaban J connectivity index is 1.62. The van der Waals surface area contributed by atoms with Crippen LogP contribution in [-0.4, -0.2) is 57.6 Å². The topological polar surface area (TPSA) is 82.5 Å². The number of pyridine rings is 1. The van der Waals surface area contributed by atoms with Crippen molar-refractivity contribution in [1.29, 1.82) is 0 Å². The van der Waals surface area contributed by atoms with E-state index in [0.717, 1.165) is 54.7 Å². The molecule has 4 rings (SSSR count). The first-order valence-corrected chi connectivity index (χ1v) is 9.97. The maximum atomic E-state index is 13.0. The quantitative estimate of drug-likeness (QED) is 0.876. The van der Waals surface area contributed by atoms with Crippen LogP contribution in [0.25, 0.3) is 11.4 Å². The van der Waals surface area contributed by atoms with Crippen LogP contribution >= 0.6 is 0 Å². The maximum Gasteiger partial charge on any atom is 0.226 e. The van der Waals surface area contributed by atoms with Gasteiger partial charge in [-0.2, -0.15) is 0 Å². The second kappa shape index (κ2) is 7.83. The summed E-state index contributed by atoms with van der Waals surface area (Å²) in [6.45, 7) is 1.21. The Labute approximate surface area is 165 Å². The van der Waals surface area contributed by atoms with Crippen LogP contribution in [-0.2, 0) is 17.8 Å². The minimum atomic E-state index is -0.247. The maximum absolute atomic E-state index is 13.0. The molecule has 3 heterocycles. The Bertz CT molecular complexity index is 847. The third-order valence-corrected chi connectivity index (χ3v) is 5.74. The number of amides is 1. The summed E-state index contributed by atoms with van der Waals surface area (Å²) in [5.74, 6) is 1.78. The second-order valence-corrected chi connectivity index (χ2v) is 7.95. The van der Waals surface area contributed by atoms with E-state index in [1.54, 1.807) is 12.4 Å². The van der Waals surface area contributed by atoms with Crippen molar-refractivity contribution in [2.45, 2.75) is 44.8 Å². The normalized spacial score (nSPS) is 21.9. The molecule has 1 fully saturated rings. The van der Waals surface area contributed by atoms with Gasteiger partial charge in [-0.15, -0.1) is 0 Å². The van der Waals surface area contributed by atoms with Gasteiger partial charge in [0, 0.05) is 50.1 Å². The highest BCUT2D eigenvalue weighted by molar-refractivity contribution is 5.79. The highest BCUT2D eigenvalue weighted by Gasteiger charge is 2.32. The molecule has 0 aromatic carbocycles. The smallest absolute Gasteiger partial charge is 0.226 e. The molecular formula is C21H27N5O2. The minimum absolute atomic E-state index is 0.0258. The minimum Gasteiger partial charge on any atom is -0.393 e. The van der Waals surface area contributed by atoms with E-state index in [9.17, 15) is 9.90 Å². The molecule has 2 aliphatic rings. The lowest BCUT2D eigenvalue weighted by Gasteiger charge is -2.34. The van der Waals surface area contributed by atoms with E-state index in [1.807, 2.05) is 36.0 Å². The SMILES string of the molecule is CN(C)c1nc(-c2cccnc2)nc2c1CCN(C(=O)C1CCC(O)CC1)C2. The zero-order valence-corrected chi connectivity index (χ0v) is 16.5. The summed E-state index contributed by atoms with van der Waals surface area (Å²) in [5.41, 5.74) is 2.92. The average Bonchev–Trinajstić information content (AvgIpc) is 2.73. The first-order chi connectivity index (χ1) is 13.5. The van der Waals surface area contributed by atoms with E-state index in [1.165, 1.54) is 0 Å². The first kappa shape index (κ1) is 18.8. The molecule has 0 radical (unpaired) electrons. The second-order valence-electron chi connectivity index (χ2n) is 7.95. The van der Waals surface area contributed by atoms with Gasteiger partial charge < -0.3 is 14.9 Å². The lowest BCUT2D eigenvalue weighted by molar-refractivity contribution is -0.138. The number of aliphatic hydroxyl groups excluding tert-OH is 1. The number of aliphatic hydroxyl groups is 1. The van der Waals surface area contributed by atoms with Crippen molar-refractivity contribution in [1.82, 2.24) is 19.9 Å². The Morgan fingerprint density at radius 2 is 2.00 bits per heavy atom. The summed E-state index contributed by atoms with van der Waals surface area (Å²) < 4.78 is 0. The molecule has 0 unspecified atom stereocenters. The molecule has 2 aromatic rings. The van der Waals surface area contributed by atoms with Gasteiger partial charge in [-0.3, -0.25) is 9.78 Å². The number of hydrogen-bond donors (Lipinski definition) is 1. The van der Waals surface area contributed by atoms with Crippen molar-refractivity contribution in [3.63, 3.8) is 0 Å². The Kier molecular flexibility index (Phi) is 5.26. The third kappa shape index (κ3) is 3.71. The number of carbonyl (C=O) groups excluding carboxylic acids is 1. The Morgan fingerprint density at radius 3 is 2.68 bits per heavy atom. The molecule has 28 heavy (non-hydrogen) atoms.